The lowest BCUT2D eigenvalue weighted by Gasteiger charge is -2.40. The first kappa shape index (κ1) is 27.9. The van der Waals surface area contributed by atoms with Gasteiger partial charge in [0.05, 0.1) is 11.1 Å². The van der Waals surface area contributed by atoms with Crippen molar-refractivity contribution in [2.45, 2.75) is 50.2 Å². The van der Waals surface area contributed by atoms with Crippen LogP contribution in [0.1, 0.15) is 28.8 Å². The first-order valence-corrected chi connectivity index (χ1v) is 12.0. The third kappa shape index (κ3) is 6.49. The Balaban J connectivity index is 1.46. The zero-order chi connectivity index (χ0) is 28.1. The molecule has 4 rings (SSSR count). The van der Waals surface area contributed by atoms with E-state index in [1.165, 1.54) is 24.3 Å². The van der Waals surface area contributed by atoms with E-state index in [1.54, 1.807) is 30.3 Å². The van der Waals surface area contributed by atoms with Crippen molar-refractivity contribution in [3.63, 3.8) is 0 Å². The molecule has 5 unspecified atom stereocenters. The van der Waals surface area contributed by atoms with Crippen molar-refractivity contribution in [2.75, 3.05) is 6.61 Å². The Kier molecular flexibility index (Phi) is 8.72. The molecule has 0 radical (unpaired) electrons. The Morgan fingerprint density at radius 3 is 2.44 bits per heavy atom. The van der Waals surface area contributed by atoms with Crippen LogP contribution in [0.15, 0.2) is 71.7 Å². The molecule has 12 heteroatoms. The molecule has 2 aliphatic rings. The Morgan fingerprint density at radius 1 is 0.974 bits per heavy atom. The molecular formula is C27H28O12. The summed E-state index contributed by atoms with van der Waals surface area (Å²) in [5, 5.41) is 60.7. The van der Waals surface area contributed by atoms with Gasteiger partial charge in [-0.2, -0.15) is 0 Å². The second-order valence-electron chi connectivity index (χ2n) is 8.92. The number of carbonyl (C=O) groups excluding carboxylic acids is 1. The lowest BCUT2D eigenvalue weighted by molar-refractivity contribution is -0.277. The minimum Gasteiger partial charge on any atom is -0.508 e. The number of carboxylic acid groups (broad SMARTS) is 1. The molecule has 1 saturated heterocycles. The summed E-state index contributed by atoms with van der Waals surface area (Å²) >= 11 is 0. The number of aliphatic carboxylic acids is 1. The number of hydrogen-bond donors (Lipinski definition) is 6. The van der Waals surface area contributed by atoms with Crippen molar-refractivity contribution in [3.8, 4) is 11.5 Å². The van der Waals surface area contributed by atoms with Crippen LogP contribution in [-0.2, 0) is 25.6 Å². The summed E-state index contributed by atoms with van der Waals surface area (Å²) in [6.45, 7) is -0.728. The predicted octanol–water partition coefficient (Wildman–Crippen LogP) is 1.53. The molecule has 1 heterocycles. The van der Waals surface area contributed by atoms with E-state index < -0.39 is 55.0 Å². The number of ether oxygens (including phenoxy) is 4. The van der Waals surface area contributed by atoms with Gasteiger partial charge in [0.25, 0.3) is 0 Å². The molecule has 0 aromatic heterocycles. The maximum atomic E-state index is 12.3. The largest absolute Gasteiger partial charge is 0.508 e. The van der Waals surface area contributed by atoms with Crippen LogP contribution in [0, 0.1) is 0 Å². The second kappa shape index (κ2) is 12.2. The molecule has 0 amide bonds. The summed E-state index contributed by atoms with van der Waals surface area (Å²) in [6.07, 6.45) is -5.76. The minimum atomic E-state index is -1.70. The van der Waals surface area contributed by atoms with Crippen LogP contribution >= 0.6 is 0 Å². The monoisotopic (exact) mass is 544 g/mol. The van der Waals surface area contributed by atoms with Crippen molar-refractivity contribution < 1.29 is 59.2 Å². The maximum absolute atomic E-state index is 12.3. The van der Waals surface area contributed by atoms with Crippen LogP contribution in [0.3, 0.4) is 0 Å². The summed E-state index contributed by atoms with van der Waals surface area (Å²) < 4.78 is 22.2. The molecule has 39 heavy (non-hydrogen) atoms. The second-order valence-corrected chi connectivity index (χ2v) is 8.92. The number of rotatable bonds is 9. The average molecular weight is 545 g/mol. The van der Waals surface area contributed by atoms with Gasteiger partial charge in [0.1, 0.15) is 49.1 Å². The standard InChI is InChI=1S/C27H28O12/c28-16-9-10-18(15(11-16)12-36-19-8-4-7-17(21(19)29)25(33)34)38-27-24(32)23(31)22(30)20(39-27)13-37-26(35)14-5-2-1-3-6-14/h1-3,5-6,8-11,20,22-24,27-32H,4,7,12-13H2,(H,33,34). The quantitative estimate of drug-likeness (QED) is 0.250. The van der Waals surface area contributed by atoms with Crippen molar-refractivity contribution in [1.82, 2.24) is 0 Å². The SMILES string of the molecule is O=C(O)C1=C(O)C(OCc2cc(O)ccc2OC2OC(COC(=O)c3ccccc3)C(O)C(O)C2O)=CCC1. The topological polar surface area (TPSA) is 192 Å². The predicted molar refractivity (Wildman–Crippen MR) is 132 cm³/mol. The summed E-state index contributed by atoms with van der Waals surface area (Å²) in [4.78, 5) is 23.6. The van der Waals surface area contributed by atoms with Crippen LogP contribution in [0.5, 0.6) is 11.5 Å². The van der Waals surface area contributed by atoms with Crippen molar-refractivity contribution in [2.24, 2.45) is 0 Å². The molecule has 5 atom stereocenters. The molecule has 12 nitrogen and oxygen atoms in total. The zero-order valence-corrected chi connectivity index (χ0v) is 20.5. The van der Waals surface area contributed by atoms with Crippen molar-refractivity contribution in [1.29, 1.82) is 0 Å². The highest BCUT2D eigenvalue weighted by atomic mass is 16.7. The van der Waals surface area contributed by atoms with E-state index in [2.05, 4.69) is 0 Å². The summed E-state index contributed by atoms with van der Waals surface area (Å²) in [5.74, 6) is -2.61. The summed E-state index contributed by atoms with van der Waals surface area (Å²) in [6, 6.07) is 12.0. The summed E-state index contributed by atoms with van der Waals surface area (Å²) in [7, 11) is 0. The van der Waals surface area contributed by atoms with Crippen LogP contribution < -0.4 is 4.74 Å². The number of hydrogen-bond acceptors (Lipinski definition) is 11. The molecule has 1 aliphatic heterocycles. The fourth-order valence-corrected chi connectivity index (χ4v) is 4.09. The third-order valence-corrected chi connectivity index (χ3v) is 6.23. The number of benzene rings is 2. The highest BCUT2D eigenvalue weighted by Gasteiger charge is 2.45. The fraction of sp³-hybridized carbons (Fsp3) is 0.333. The van der Waals surface area contributed by atoms with Gasteiger partial charge in [-0.15, -0.1) is 0 Å². The number of carbonyl (C=O) groups is 2. The van der Waals surface area contributed by atoms with Gasteiger partial charge in [0.15, 0.2) is 11.5 Å². The molecule has 208 valence electrons. The van der Waals surface area contributed by atoms with Crippen LogP contribution in [-0.4, -0.2) is 79.9 Å². The molecule has 2 aromatic carbocycles. The normalized spacial score (nSPS) is 25.0. The lowest BCUT2D eigenvalue weighted by atomic mass is 9.99. The van der Waals surface area contributed by atoms with Crippen LogP contribution in [0.25, 0.3) is 0 Å². The zero-order valence-electron chi connectivity index (χ0n) is 20.5. The Labute approximate surface area is 222 Å². The van der Waals surface area contributed by atoms with E-state index in [9.17, 15) is 40.2 Å². The lowest BCUT2D eigenvalue weighted by Crippen LogP contribution is -2.60. The number of aliphatic hydroxyl groups excluding tert-OH is 4. The van der Waals surface area contributed by atoms with Gasteiger partial charge < -0.3 is 49.6 Å². The molecule has 1 fully saturated rings. The van der Waals surface area contributed by atoms with E-state index in [0.717, 1.165) is 0 Å². The summed E-state index contributed by atoms with van der Waals surface area (Å²) in [5.41, 5.74) is 0.314. The number of aromatic hydroxyl groups is 1. The van der Waals surface area contributed by atoms with E-state index in [4.69, 9.17) is 18.9 Å². The van der Waals surface area contributed by atoms with E-state index in [-0.39, 0.29) is 47.0 Å². The van der Waals surface area contributed by atoms with Gasteiger partial charge in [-0.05, 0) is 49.2 Å². The molecule has 2 aromatic rings. The first-order valence-electron chi connectivity index (χ1n) is 12.0. The van der Waals surface area contributed by atoms with Gasteiger partial charge >= 0.3 is 11.9 Å². The van der Waals surface area contributed by atoms with Gasteiger partial charge in [0, 0.05) is 5.56 Å². The molecule has 0 saturated carbocycles. The first-order chi connectivity index (χ1) is 18.7. The van der Waals surface area contributed by atoms with Gasteiger partial charge in [-0.3, -0.25) is 0 Å². The van der Waals surface area contributed by atoms with E-state index in [0.29, 0.717) is 6.42 Å². The number of carboxylic acids is 1. The van der Waals surface area contributed by atoms with Gasteiger partial charge in [-0.25, -0.2) is 9.59 Å². The third-order valence-electron chi connectivity index (χ3n) is 6.23. The smallest absolute Gasteiger partial charge is 0.338 e. The highest BCUT2D eigenvalue weighted by molar-refractivity contribution is 5.89. The number of allylic oxidation sites excluding steroid dienone is 1. The average Bonchev–Trinajstić information content (AvgIpc) is 2.93. The fourth-order valence-electron chi connectivity index (χ4n) is 4.09. The van der Waals surface area contributed by atoms with Crippen molar-refractivity contribution >= 4 is 11.9 Å². The van der Waals surface area contributed by atoms with Gasteiger partial charge in [-0.1, -0.05) is 18.2 Å². The van der Waals surface area contributed by atoms with Crippen LogP contribution in [0.4, 0.5) is 0 Å². The number of phenols is 1. The Morgan fingerprint density at radius 2 is 1.72 bits per heavy atom. The number of phenolic OH excluding ortho intramolecular Hbond substituents is 1. The molecule has 1 aliphatic carbocycles. The molecule has 0 spiro atoms. The van der Waals surface area contributed by atoms with Crippen molar-refractivity contribution in [3.05, 3.63) is 82.8 Å². The number of aliphatic hydroxyl groups is 4. The molecular weight excluding hydrogens is 516 g/mol. The molecule has 0 bridgehead atoms. The van der Waals surface area contributed by atoms with E-state index in [1.807, 2.05) is 0 Å². The molecule has 6 N–H and O–H groups in total. The Bertz CT molecular complexity index is 1250. The minimum absolute atomic E-state index is 0.0545. The van der Waals surface area contributed by atoms with Gasteiger partial charge in [0.2, 0.25) is 6.29 Å². The number of esters is 1. The van der Waals surface area contributed by atoms with E-state index >= 15 is 0 Å². The van der Waals surface area contributed by atoms with Crippen LogP contribution in [0.2, 0.25) is 0 Å². The maximum Gasteiger partial charge on any atom is 0.338 e. The highest BCUT2D eigenvalue weighted by Crippen LogP contribution is 2.31. The Hall–Kier alpha value is -4.10.